The molecule has 0 spiro atoms. The van der Waals surface area contributed by atoms with Gasteiger partial charge in [-0.3, -0.25) is 4.79 Å². The molecule has 1 heterocycles. The number of carbonyl (C=O) groups is 1. The summed E-state index contributed by atoms with van der Waals surface area (Å²) in [4.78, 5) is 13.6. The summed E-state index contributed by atoms with van der Waals surface area (Å²) in [5.41, 5.74) is 8.90. The van der Waals surface area contributed by atoms with Crippen molar-refractivity contribution in [3.05, 3.63) is 106 Å². The van der Waals surface area contributed by atoms with E-state index >= 15 is 0 Å². The third-order valence-corrected chi connectivity index (χ3v) is 6.58. The molecule has 156 valence electrons. The summed E-state index contributed by atoms with van der Waals surface area (Å²) in [5, 5.41) is 7.29. The zero-order valence-corrected chi connectivity index (χ0v) is 18.1. The van der Waals surface area contributed by atoms with Crippen molar-refractivity contribution < 1.29 is 4.79 Å². The lowest BCUT2D eigenvalue weighted by atomic mass is 9.78. The minimum absolute atomic E-state index is 0.150. The molecule has 0 saturated heterocycles. The smallest absolute Gasteiger partial charge is 0.163 e. The van der Waals surface area contributed by atoms with Gasteiger partial charge < -0.3 is 10.6 Å². The minimum Gasteiger partial charge on any atom is -0.372 e. The maximum Gasteiger partial charge on any atom is 0.163 e. The summed E-state index contributed by atoms with van der Waals surface area (Å²) in [6.45, 7) is 4.26. The van der Waals surface area contributed by atoms with Crippen LogP contribution >= 0.6 is 0 Å². The van der Waals surface area contributed by atoms with Gasteiger partial charge in [0.15, 0.2) is 5.78 Å². The Labute approximate surface area is 184 Å². The van der Waals surface area contributed by atoms with E-state index in [2.05, 4.69) is 85.1 Å². The van der Waals surface area contributed by atoms with E-state index in [0.29, 0.717) is 6.42 Å². The monoisotopic (exact) mass is 408 g/mol. The van der Waals surface area contributed by atoms with Gasteiger partial charge in [0.1, 0.15) is 0 Å². The Balaban J connectivity index is 1.58. The van der Waals surface area contributed by atoms with E-state index < -0.39 is 0 Å². The molecule has 1 aliphatic carbocycles. The molecule has 0 amide bonds. The molecule has 0 bridgehead atoms. The molecule has 31 heavy (non-hydrogen) atoms. The molecule has 0 saturated carbocycles. The summed E-state index contributed by atoms with van der Waals surface area (Å²) in [6, 6.07) is 25.4. The number of allylic oxidation sites excluding steroid dienone is 1. The van der Waals surface area contributed by atoms with Crippen LogP contribution in [0.1, 0.15) is 54.0 Å². The van der Waals surface area contributed by atoms with Crippen LogP contribution in [-0.4, -0.2) is 5.78 Å². The summed E-state index contributed by atoms with van der Waals surface area (Å²) in [5.74, 6) is 0.428. The number of fused-ring (bicyclic) bond motifs is 1. The zero-order valence-electron chi connectivity index (χ0n) is 18.1. The predicted molar refractivity (Wildman–Crippen MR) is 127 cm³/mol. The van der Waals surface area contributed by atoms with Crippen LogP contribution in [0.5, 0.6) is 0 Å². The summed E-state index contributed by atoms with van der Waals surface area (Å²) < 4.78 is 0. The van der Waals surface area contributed by atoms with E-state index in [-0.39, 0.29) is 17.7 Å². The highest BCUT2D eigenvalue weighted by atomic mass is 16.1. The number of nitrogens with one attached hydrogen (secondary N) is 2. The van der Waals surface area contributed by atoms with Crippen LogP contribution in [0.2, 0.25) is 0 Å². The van der Waals surface area contributed by atoms with Crippen molar-refractivity contribution in [3.63, 3.8) is 0 Å². The SMILES string of the molecule is CCc1ccc([C@@H]2Nc3ccccc3NC3=C2C(=O)C[C@H](c2ccc(C)cc2)C3)cc1. The first-order valence-electron chi connectivity index (χ1n) is 11.2. The van der Waals surface area contributed by atoms with Gasteiger partial charge in [-0.25, -0.2) is 0 Å². The molecule has 2 atom stereocenters. The fourth-order valence-electron chi connectivity index (χ4n) is 4.76. The van der Waals surface area contributed by atoms with Crippen LogP contribution in [0.25, 0.3) is 0 Å². The molecular weight excluding hydrogens is 380 g/mol. The first-order chi connectivity index (χ1) is 15.1. The molecule has 1 aliphatic heterocycles. The highest BCUT2D eigenvalue weighted by Gasteiger charge is 2.35. The van der Waals surface area contributed by atoms with Crippen molar-refractivity contribution in [2.24, 2.45) is 0 Å². The van der Waals surface area contributed by atoms with Crippen molar-refractivity contribution in [3.8, 4) is 0 Å². The molecule has 0 fully saturated rings. The zero-order chi connectivity index (χ0) is 21.4. The van der Waals surface area contributed by atoms with E-state index in [1.807, 2.05) is 12.1 Å². The Morgan fingerprint density at radius 3 is 2.23 bits per heavy atom. The lowest BCUT2D eigenvalue weighted by molar-refractivity contribution is -0.116. The number of para-hydroxylation sites is 2. The maximum absolute atomic E-state index is 13.6. The second kappa shape index (κ2) is 8.07. The average Bonchev–Trinajstić information content (AvgIpc) is 2.96. The van der Waals surface area contributed by atoms with Gasteiger partial charge >= 0.3 is 0 Å². The van der Waals surface area contributed by atoms with Gasteiger partial charge in [-0.1, -0.05) is 73.2 Å². The summed E-state index contributed by atoms with van der Waals surface area (Å²) in [6.07, 6.45) is 2.39. The second-order valence-corrected chi connectivity index (χ2v) is 8.67. The lowest BCUT2D eigenvalue weighted by Crippen LogP contribution is -2.26. The molecule has 0 aromatic heterocycles. The van der Waals surface area contributed by atoms with Crippen molar-refractivity contribution in [2.75, 3.05) is 10.6 Å². The van der Waals surface area contributed by atoms with E-state index in [1.165, 1.54) is 16.7 Å². The third kappa shape index (κ3) is 3.76. The molecule has 2 N–H and O–H groups in total. The van der Waals surface area contributed by atoms with Crippen LogP contribution in [-0.2, 0) is 11.2 Å². The Morgan fingerprint density at radius 1 is 0.839 bits per heavy atom. The van der Waals surface area contributed by atoms with Crippen LogP contribution in [0.3, 0.4) is 0 Å². The van der Waals surface area contributed by atoms with Crippen LogP contribution in [0.4, 0.5) is 11.4 Å². The topological polar surface area (TPSA) is 41.1 Å². The molecule has 3 nitrogen and oxygen atoms in total. The fourth-order valence-corrected chi connectivity index (χ4v) is 4.76. The quantitative estimate of drug-likeness (QED) is 0.517. The highest BCUT2D eigenvalue weighted by Crippen LogP contribution is 2.44. The number of ketones is 1. The number of rotatable bonds is 3. The fraction of sp³-hybridized carbons (Fsp3) is 0.250. The standard InChI is InChI=1S/C28H28N2O/c1-3-19-10-14-21(15-11-19)28-27-25(29-23-6-4-5-7-24(23)30-28)16-22(17-26(27)31)20-12-8-18(2)9-13-20/h4-15,22,28-30H,3,16-17H2,1-2H3/t22-,28+/m1/s1. The minimum atomic E-state index is -0.150. The Hall–Kier alpha value is -3.33. The van der Waals surface area contributed by atoms with E-state index in [4.69, 9.17) is 0 Å². The molecule has 3 heteroatoms. The van der Waals surface area contributed by atoms with Gasteiger partial charge in [0.25, 0.3) is 0 Å². The van der Waals surface area contributed by atoms with Gasteiger partial charge in [0.2, 0.25) is 0 Å². The molecule has 3 aromatic carbocycles. The maximum atomic E-state index is 13.6. The lowest BCUT2D eigenvalue weighted by Gasteiger charge is -2.30. The van der Waals surface area contributed by atoms with E-state index in [1.54, 1.807) is 0 Å². The van der Waals surface area contributed by atoms with Crippen LogP contribution in [0, 0.1) is 6.92 Å². The van der Waals surface area contributed by atoms with Crippen molar-refractivity contribution in [1.82, 2.24) is 0 Å². The molecule has 3 aromatic rings. The number of carbonyl (C=O) groups excluding carboxylic acids is 1. The molecular formula is C28H28N2O. The normalized spacial score (nSPS) is 20.3. The van der Waals surface area contributed by atoms with Gasteiger partial charge in [0, 0.05) is 17.7 Å². The Morgan fingerprint density at radius 2 is 1.52 bits per heavy atom. The van der Waals surface area contributed by atoms with Crippen molar-refractivity contribution in [2.45, 2.75) is 45.1 Å². The van der Waals surface area contributed by atoms with Gasteiger partial charge in [-0.05, 0) is 54.5 Å². The number of Topliss-reactive ketones (excluding diaryl/α,β-unsaturated/α-hetero) is 1. The number of hydrogen-bond acceptors (Lipinski definition) is 3. The first-order valence-corrected chi connectivity index (χ1v) is 11.2. The van der Waals surface area contributed by atoms with Crippen LogP contribution < -0.4 is 10.6 Å². The van der Waals surface area contributed by atoms with Crippen molar-refractivity contribution >= 4 is 17.2 Å². The Bertz CT molecular complexity index is 1140. The molecule has 2 aliphatic rings. The third-order valence-electron chi connectivity index (χ3n) is 6.58. The number of aryl methyl sites for hydroxylation is 2. The van der Waals surface area contributed by atoms with Crippen LogP contribution in [0.15, 0.2) is 84.1 Å². The molecule has 0 unspecified atom stereocenters. The summed E-state index contributed by atoms with van der Waals surface area (Å²) in [7, 11) is 0. The number of anilines is 2. The Kier molecular flexibility index (Phi) is 5.11. The van der Waals surface area contributed by atoms with Crippen molar-refractivity contribution in [1.29, 1.82) is 0 Å². The highest BCUT2D eigenvalue weighted by molar-refractivity contribution is 6.01. The van der Waals surface area contributed by atoms with E-state index in [9.17, 15) is 4.79 Å². The van der Waals surface area contributed by atoms with E-state index in [0.717, 1.165) is 41.1 Å². The largest absolute Gasteiger partial charge is 0.372 e. The first kappa shape index (κ1) is 19.6. The number of hydrogen-bond donors (Lipinski definition) is 2. The predicted octanol–water partition coefficient (Wildman–Crippen LogP) is 6.54. The average molecular weight is 409 g/mol. The molecule has 0 radical (unpaired) electrons. The van der Waals surface area contributed by atoms with Gasteiger partial charge in [0.05, 0.1) is 17.4 Å². The van der Waals surface area contributed by atoms with Gasteiger partial charge in [-0.15, -0.1) is 0 Å². The molecule has 5 rings (SSSR count). The number of benzene rings is 3. The van der Waals surface area contributed by atoms with Gasteiger partial charge in [-0.2, -0.15) is 0 Å². The summed E-state index contributed by atoms with van der Waals surface area (Å²) >= 11 is 0. The second-order valence-electron chi connectivity index (χ2n) is 8.67.